The maximum Gasteiger partial charge on any atom is 0.282 e. The van der Waals surface area contributed by atoms with Gasteiger partial charge in [-0.1, -0.05) is 37.6 Å². The standard InChI is InChI=1S/C19H27ClN4O2S/c1-4-23(5-2)27(25,26)24-10-8-22(9-11-24)14-17-13-16-7-6-15(3)12-18(16)21-19(17)20/h6-7,12-13H,4-5,8-11,14H2,1-3H3. The normalized spacial score (nSPS) is 17.1. The van der Waals surface area contributed by atoms with Crippen molar-refractivity contribution in [3.63, 3.8) is 0 Å². The van der Waals surface area contributed by atoms with Gasteiger partial charge in [-0.2, -0.15) is 17.0 Å². The molecule has 1 aromatic carbocycles. The zero-order chi connectivity index (χ0) is 19.6. The van der Waals surface area contributed by atoms with Gasteiger partial charge in [0, 0.05) is 56.8 Å². The number of aromatic nitrogens is 1. The third kappa shape index (κ3) is 4.43. The summed E-state index contributed by atoms with van der Waals surface area (Å²) in [7, 11) is -3.36. The molecule has 2 heterocycles. The van der Waals surface area contributed by atoms with E-state index in [1.54, 1.807) is 4.31 Å². The van der Waals surface area contributed by atoms with Crippen LogP contribution >= 0.6 is 11.6 Å². The zero-order valence-electron chi connectivity index (χ0n) is 16.2. The zero-order valence-corrected chi connectivity index (χ0v) is 17.7. The van der Waals surface area contributed by atoms with E-state index in [4.69, 9.17) is 11.6 Å². The number of benzene rings is 1. The van der Waals surface area contributed by atoms with E-state index < -0.39 is 10.2 Å². The predicted molar refractivity (Wildman–Crippen MR) is 110 cm³/mol. The quantitative estimate of drug-likeness (QED) is 0.687. The van der Waals surface area contributed by atoms with Gasteiger partial charge in [0.15, 0.2) is 0 Å². The van der Waals surface area contributed by atoms with Crippen molar-refractivity contribution in [2.75, 3.05) is 39.3 Å². The van der Waals surface area contributed by atoms with Crippen LogP contribution in [0.5, 0.6) is 0 Å². The van der Waals surface area contributed by atoms with Crippen molar-refractivity contribution in [3.05, 3.63) is 40.5 Å². The van der Waals surface area contributed by atoms with Gasteiger partial charge >= 0.3 is 0 Å². The summed E-state index contributed by atoms with van der Waals surface area (Å²) in [6.45, 7) is 9.80. The fourth-order valence-electron chi connectivity index (χ4n) is 3.48. The van der Waals surface area contributed by atoms with Gasteiger partial charge in [0.05, 0.1) is 5.52 Å². The van der Waals surface area contributed by atoms with Crippen molar-refractivity contribution in [1.29, 1.82) is 0 Å². The fourth-order valence-corrected chi connectivity index (χ4v) is 5.29. The number of hydrogen-bond donors (Lipinski definition) is 0. The van der Waals surface area contributed by atoms with Crippen LogP contribution in [-0.2, 0) is 16.8 Å². The molecule has 0 unspecified atom stereocenters. The van der Waals surface area contributed by atoms with E-state index in [9.17, 15) is 8.42 Å². The first-order valence-corrected chi connectivity index (χ1v) is 11.2. The molecule has 3 rings (SSSR count). The van der Waals surface area contributed by atoms with E-state index in [1.165, 1.54) is 4.31 Å². The topological polar surface area (TPSA) is 56.8 Å². The van der Waals surface area contributed by atoms with Gasteiger partial charge in [0.1, 0.15) is 5.15 Å². The van der Waals surface area contributed by atoms with Gasteiger partial charge in [-0.05, 0) is 24.6 Å². The van der Waals surface area contributed by atoms with Crippen LogP contribution in [0, 0.1) is 6.92 Å². The van der Waals surface area contributed by atoms with Crippen LogP contribution in [0.15, 0.2) is 24.3 Å². The molecular formula is C19H27ClN4O2S. The molecule has 1 aromatic heterocycles. The van der Waals surface area contributed by atoms with Crippen molar-refractivity contribution in [2.45, 2.75) is 27.3 Å². The number of rotatable bonds is 6. The van der Waals surface area contributed by atoms with E-state index in [2.05, 4.69) is 28.1 Å². The lowest BCUT2D eigenvalue weighted by molar-refractivity contribution is 0.175. The molecule has 1 fully saturated rings. The van der Waals surface area contributed by atoms with Crippen LogP contribution in [0.3, 0.4) is 0 Å². The van der Waals surface area contributed by atoms with Crippen LogP contribution < -0.4 is 0 Å². The Morgan fingerprint density at radius 2 is 1.78 bits per heavy atom. The summed E-state index contributed by atoms with van der Waals surface area (Å²) in [5, 5.41) is 1.59. The molecule has 1 aliphatic rings. The summed E-state index contributed by atoms with van der Waals surface area (Å²) in [5.74, 6) is 0. The van der Waals surface area contributed by atoms with E-state index in [1.807, 2.05) is 26.8 Å². The number of piperazine rings is 1. The first kappa shape index (κ1) is 20.5. The van der Waals surface area contributed by atoms with Crippen LogP contribution in [0.1, 0.15) is 25.0 Å². The number of halogens is 1. The van der Waals surface area contributed by atoms with Crippen molar-refractivity contribution in [1.82, 2.24) is 18.5 Å². The second-order valence-electron chi connectivity index (χ2n) is 6.90. The highest BCUT2D eigenvalue weighted by Gasteiger charge is 2.30. The number of aryl methyl sites for hydroxylation is 1. The Kier molecular flexibility index (Phi) is 6.38. The average molecular weight is 411 g/mol. The Bertz CT molecular complexity index is 907. The van der Waals surface area contributed by atoms with Crippen molar-refractivity contribution in [3.8, 4) is 0 Å². The molecule has 8 heteroatoms. The van der Waals surface area contributed by atoms with Crippen LogP contribution in [0.4, 0.5) is 0 Å². The SMILES string of the molecule is CCN(CC)S(=O)(=O)N1CCN(Cc2cc3ccc(C)cc3nc2Cl)CC1. The van der Waals surface area contributed by atoms with E-state index >= 15 is 0 Å². The van der Waals surface area contributed by atoms with E-state index in [0.29, 0.717) is 51.0 Å². The molecular weight excluding hydrogens is 384 g/mol. The minimum atomic E-state index is -3.36. The van der Waals surface area contributed by atoms with Crippen molar-refractivity contribution >= 4 is 32.7 Å². The summed E-state index contributed by atoms with van der Waals surface area (Å²) < 4.78 is 28.4. The molecule has 0 amide bonds. The molecule has 1 aliphatic heterocycles. The summed E-state index contributed by atoms with van der Waals surface area (Å²) in [6, 6.07) is 8.25. The second-order valence-corrected chi connectivity index (χ2v) is 9.19. The highest BCUT2D eigenvalue weighted by molar-refractivity contribution is 7.86. The Morgan fingerprint density at radius 3 is 2.41 bits per heavy atom. The lowest BCUT2D eigenvalue weighted by Crippen LogP contribution is -2.52. The van der Waals surface area contributed by atoms with Crippen molar-refractivity contribution < 1.29 is 8.42 Å². The Balaban J connectivity index is 1.68. The largest absolute Gasteiger partial charge is 0.296 e. The molecule has 2 aromatic rings. The summed E-state index contributed by atoms with van der Waals surface area (Å²) in [4.78, 5) is 6.76. The maximum atomic E-state index is 12.6. The van der Waals surface area contributed by atoms with Gasteiger partial charge in [0.2, 0.25) is 0 Å². The average Bonchev–Trinajstić information content (AvgIpc) is 2.64. The number of pyridine rings is 1. The Morgan fingerprint density at radius 1 is 1.11 bits per heavy atom. The Hall–Kier alpha value is -1.25. The van der Waals surface area contributed by atoms with Gasteiger partial charge in [-0.25, -0.2) is 4.98 Å². The first-order valence-electron chi connectivity index (χ1n) is 9.38. The van der Waals surface area contributed by atoms with Gasteiger partial charge in [0.25, 0.3) is 10.2 Å². The van der Waals surface area contributed by atoms with Crippen molar-refractivity contribution in [2.24, 2.45) is 0 Å². The van der Waals surface area contributed by atoms with Gasteiger partial charge in [-0.3, -0.25) is 4.90 Å². The summed E-state index contributed by atoms with van der Waals surface area (Å²) >= 11 is 6.40. The molecule has 0 spiro atoms. The predicted octanol–water partition coefficient (Wildman–Crippen LogP) is 2.90. The number of nitrogens with zero attached hydrogens (tertiary/aromatic N) is 4. The highest BCUT2D eigenvalue weighted by Crippen LogP contribution is 2.23. The molecule has 1 saturated heterocycles. The molecule has 0 saturated carbocycles. The second kappa shape index (κ2) is 8.41. The van der Waals surface area contributed by atoms with Gasteiger partial charge in [-0.15, -0.1) is 0 Å². The third-order valence-corrected chi connectivity index (χ3v) is 7.60. The molecule has 0 bridgehead atoms. The minimum Gasteiger partial charge on any atom is -0.296 e. The monoisotopic (exact) mass is 410 g/mol. The Labute approximate surface area is 166 Å². The van der Waals surface area contributed by atoms with Crippen LogP contribution in [0.2, 0.25) is 5.15 Å². The third-order valence-electron chi connectivity index (χ3n) is 5.08. The smallest absolute Gasteiger partial charge is 0.282 e. The highest BCUT2D eigenvalue weighted by atomic mass is 35.5. The number of fused-ring (bicyclic) bond motifs is 1. The first-order chi connectivity index (χ1) is 12.8. The van der Waals surface area contributed by atoms with Gasteiger partial charge < -0.3 is 0 Å². The summed E-state index contributed by atoms with van der Waals surface area (Å²) in [6.07, 6.45) is 0. The molecule has 148 valence electrons. The van der Waals surface area contributed by atoms with Crippen LogP contribution in [-0.4, -0.2) is 66.2 Å². The molecule has 0 atom stereocenters. The minimum absolute atomic E-state index is 0.497. The summed E-state index contributed by atoms with van der Waals surface area (Å²) in [5.41, 5.74) is 3.04. The molecule has 27 heavy (non-hydrogen) atoms. The molecule has 6 nitrogen and oxygen atoms in total. The maximum absolute atomic E-state index is 12.6. The fraction of sp³-hybridized carbons (Fsp3) is 0.526. The van der Waals surface area contributed by atoms with Crippen LogP contribution in [0.25, 0.3) is 10.9 Å². The van der Waals surface area contributed by atoms with E-state index in [0.717, 1.165) is 22.0 Å². The molecule has 0 radical (unpaired) electrons. The lowest BCUT2D eigenvalue weighted by Gasteiger charge is -2.36. The van der Waals surface area contributed by atoms with E-state index in [-0.39, 0.29) is 0 Å². The lowest BCUT2D eigenvalue weighted by atomic mass is 10.1. The number of hydrogen-bond acceptors (Lipinski definition) is 4. The molecule has 0 aliphatic carbocycles. The molecule has 0 N–H and O–H groups in total.